The zero-order valence-electron chi connectivity index (χ0n) is 14.3. The van der Waals surface area contributed by atoms with Crippen LogP contribution in [0.2, 0.25) is 0 Å². The molecule has 0 saturated carbocycles. The molecule has 0 aliphatic heterocycles. The summed E-state index contributed by atoms with van der Waals surface area (Å²) in [6.07, 6.45) is -0.131. The van der Waals surface area contributed by atoms with Crippen LogP contribution in [0.1, 0.15) is 20.3 Å². The van der Waals surface area contributed by atoms with Crippen LogP contribution in [-0.4, -0.2) is 83.2 Å². The van der Waals surface area contributed by atoms with Gasteiger partial charge >= 0.3 is 0 Å². The molecular formula is C15H32N2O6. The van der Waals surface area contributed by atoms with Gasteiger partial charge in [-0.3, -0.25) is 10.1 Å². The molecule has 23 heavy (non-hydrogen) atoms. The van der Waals surface area contributed by atoms with Crippen LogP contribution in [0, 0.1) is 0 Å². The number of rotatable bonds is 17. The Morgan fingerprint density at radius 3 is 1.87 bits per heavy atom. The zero-order chi connectivity index (χ0) is 17.2. The van der Waals surface area contributed by atoms with Gasteiger partial charge in [0.15, 0.2) is 0 Å². The number of aliphatic hydroxyl groups is 1. The second kappa shape index (κ2) is 17.6. The Labute approximate surface area is 138 Å². The van der Waals surface area contributed by atoms with E-state index in [0.29, 0.717) is 72.4 Å². The first-order valence-corrected chi connectivity index (χ1v) is 8.16. The fourth-order valence-corrected chi connectivity index (χ4v) is 1.55. The van der Waals surface area contributed by atoms with E-state index in [-0.39, 0.29) is 5.91 Å². The van der Waals surface area contributed by atoms with Gasteiger partial charge in [0.1, 0.15) is 6.23 Å². The van der Waals surface area contributed by atoms with Gasteiger partial charge in [0.2, 0.25) is 5.91 Å². The van der Waals surface area contributed by atoms with Crippen molar-refractivity contribution in [3.8, 4) is 0 Å². The second-order valence-electron chi connectivity index (χ2n) is 4.78. The van der Waals surface area contributed by atoms with E-state index in [1.54, 1.807) is 6.92 Å². The first-order chi connectivity index (χ1) is 11.2. The molecule has 8 nitrogen and oxygen atoms in total. The van der Waals surface area contributed by atoms with Crippen LogP contribution in [0.25, 0.3) is 0 Å². The Balaban J connectivity index is 3.04. The molecule has 0 bridgehead atoms. The van der Waals surface area contributed by atoms with E-state index < -0.39 is 6.23 Å². The highest BCUT2D eigenvalue weighted by atomic mass is 16.6. The Bertz CT molecular complexity index is 266. The lowest BCUT2D eigenvalue weighted by Gasteiger charge is -2.09. The average molecular weight is 336 g/mol. The molecule has 1 atom stereocenters. The van der Waals surface area contributed by atoms with Crippen molar-refractivity contribution < 1.29 is 28.8 Å². The highest BCUT2D eigenvalue weighted by Gasteiger charge is 1.98. The third kappa shape index (κ3) is 19.2. The number of carbonyl (C=O) groups is 1. The van der Waals surface area contributed by atoms with Gasteiger partial charge in [0, 0.05) is 19.5 Å². The van der Waals surface area contributed by atoms with E-state index in [1.165, 1.54) is 0 Å². The summed E-state index contributed by atoms with van der Waals surface area (Å²) in [4.78, 5) is 11.1. The molecule has 0 heterocycles. The van der Waals surface area contributed by atoms with Gasteiger partial charge in [-0.05, 0) is 13.8 Å². The number of carbonyl (C=O) groups excluding carboxylic acids is 1. The summed E-state index contributed by atoms with van der Waals surface area (Å²) in [6, 6.07) is 0. The molecule has 3 N–H and O–H groups in total. The van der Waals surface area contributed by atoms with Crippen LogP contribution in [-0.2, 0) is 23.7 Å². The number of aliphatic hydroxyl groups excluding tert-OH is 1. The predicted octanol–water partition coefficient (Wildman–Crippen LogP) is -0.493. The molecule has 0 radical (unpaired) electrons. The van der Waals surface area contributed by atoms with Crippen molar-refractivity contribution in [3.05, 3.63) is 0 Å². The molecule has 0 aliphatic carbocycles. The molecule has 8 heteroatoms. The summed E-state index contributed by atoms with van der Waals surface area (Å²) in [6.45, 7) is 8.76. The lowest BCUT2D eigenvalue weighted by Crippen LogP contribution is -2.29. The van der Waals surface area contributed by atoms with Crippen molar-refractivity contribution in [2.24, 2.45) is 0 Å². The Kier molecular flexibility index (Phi) is 17.0. The standard InChI is InChI=1S/C15H32N2O6/c1-3-16-15(19)4-6-20-8-10-22-12-13-23-11-9-21-7-5-17-14(2)18/h14,17-18H,3-13H2,1-2H3,(H,16,19). The summed E-state index contributed by atoms with van der Waals surface area (Å²) < 4.78 is 21.2. The fourth-order valence-electron chi connectivity index (χ4n) is 1.55. The number of ether oxygens (including phenoxy) is 4. The second-order valence-corrected chi connectivity index (χ2v) is 4.78. The topological polar surface area (TPSA) is 98.3 Å². The number of hydrogen-bond donors (Lipinski definition) is 3. The van der Waals surface area contributed by atoms with Crippen molar-refractivity contribution in [2.45, 2.75) is 26.5 Å². The van der Waals surface area contributed by atoms with E-state index in [0.717, 1.165) is 0 Å². The van der Waals surface area contributed by atoms with Crippen LogP contribution in [0.5, 0.6) is 0 Å². The maximum absolute atomic E-state index is 11.1. The molecule has 0 rings (SSSR count). The summed E-state index contributed by atoms with van der Waals surface area (Å²) in [5, 5.41) is 14.5. The highest BCUT2D eigenvalue weighted by molar-refractivity contribution is 5.75. The first-order valence-electron chi connectivity index (χ1n) is 8.16. The maximum Gasteiger partial charge on any atom is 0.222 e. The summed E-state index contributed by atoms with van der Waals surface area (Å²) in [5.74, 6) is 0.00527. The predicted molar refractivity (Wildman–Crippen MR) is 86.3 cm³/mol. The molecule has 1 unspecified atom stereocenters. The van der Waals surface area contributed by atoms with E-state index in [9.17, 15) is 4.79 Å². The van der Waals surface area contributed by atoms with E-state index in [4.69, 9.17) is 24.1 Å². The van der Waals surface area contributed by atoms with Gasteiger partial charge in [-0.25, -0.2) is 0 Å². The fraction of sp³-hybridized carbons (Fsp3) is 0.933. The zero-order valence-corrected chi connectivity index (χ0v) is 14.3. The first kappa shape index (κ1) is 22.2. The minimum Gasteiger partial charge on any atom is -0.379 e. The van der Waals surface area contributed by atoms with E-state index in [2.05, 4.69) is 10.6 Å². The van der Waals surface area contributed by atoms with Crippen LogP contribution in [0.3, 0.4) is 0 Å². The van der Waals surface area contributed by atoms with Gasteiger partial charge in [0.05, 0.1) is 52.9 Å². The third-order valence-electron chi connectivity index (χ3n) is 2.65. The van der Waals surface area contributed by atoms with Crippen molar-refractivity contribution in [1.29, 1.82) is 0 Å². The van der Waals surface area contributed by atoms with Gasteiger partial charge in [-0.2, -0.15) is 0 Å². The number of hydrogen-bond acceptors (Lipinski definition) is 7. The van der Waals surface area contributed by atoms with Crippen LogP contribution in [0.15, 0.2) is 0 Å². The third-order valence-corrected chi connectivity index (χ3v) is 2.65. The quantitative estimate of drug-likeness (QED) is 0.243. The highest BCUT2D eigenvalue weighted by Crippen LogP contribution is 1.85. The summed E-state index contributed by atoms with van der Waals surface area (Å²) in [5.41, 5.74) is 0. The molecule has 0 fully saturated rings. The van der Waals surface area contributed by atoms with E-state index in [1.807, 2.05) is 6.92 Å². The number of nitrogens with one attached hydrogen (secondary N) is 2. The van der Waals surface area contributed by atoms with Gasteiger partial charge < -0.3 is 29.4 Å². The molecule has 0 aromatic rings. The molecule has 0 aliphatic rings. The molecular weight excluding hydrogens is 304 g/mol. The summed E-state index contributed by atoms with van der Waals surface area (Å²) >= 11 is 0. The molecule has 0 aromatic carbocycles. The van der Waals surface area contributed by atoms with Crippen molar-refractivity contribution in [2.75, 3.05) is 65.9 Å². The van der Waals surface area contributed by atoms with Crippen molar-refractivity contribution in [1.82, 2.24) is 10.6 Å². The van der Waals surface area contributed by atoms with Crippen LogP contribution in [0.4, 0.5) is 0 Å². The number of amides is 1. The minimum atomic E-state index is -0.510. The lowest BCUT2D eigenvalue weighted by molar-refractivity contribution is -0.122. The molecule has 0 spiro atoms. The summed E-state index contributed by atoms with van der Waals surface area (Å²) in [7, 11) is 0. The Morgan fingerprint density at radius 2 is 1.39 bits per heavy atom. The van der Waals surface area contributed by atoms with Crippen molar-refractivity contribution >= 4 is 5.91 Å². The largest absolute Gasteiger partial charge is 0.379 e. The lowest BCUT2D eigenvalue weighted by atomic mass is 10.4. The normalized spacial score (nSPS) is 12.3. The molecule has 0 aromatic heterocycles. The van der Waals surface area contributed by atoms with Crippen LogP contribution < -0.4 is 10.6 Å². The molecule has 0 saturated heterocycles. The smallest absolute Gasteiger partial charge is 0.222 e. The van der Waals surface area contributed by atoms with Crippen molar-refractivity contribution in [3.63, 3.8) is 0 Å². The molecule has 138 valence electrons. The van der Waals surface area contributed by atoms with E-state index >= 15 is 0 Å². The minimum absolute atomic E-state index is 0.00527. The maximum atomic E-state index is 11.1. The Hall–Kier alpha value is -0.770. The monoisotopic (exact) mass is 336 g/mol. The SMILES string of the molecule is CCNC(=O)CCOCCOCCOCCOCCNC(C)O. The van der Waals surface area contributed by atoms with Gasteiger partial charge in [-0.1, -0.05) is 0 Å². The molecule has 1 amide bonds. The Morgan fingerprint density at radius 1 is 0.913 bits per heavy atom. The average Bonchev–Trinajstić information content (AvgIpc) is 2.51. The van der Waals surface area contributed by atoms with Gasteiger partial charge in [-0.15, -0.1) is 0 Å². The van der Waals surface area contributed by atoms with Gasteiger partial charge in [0.25, 0.3) is 0 Å². The van der Waals surface area contributed by atoms with Crippen LogP contribution >= 0.6 is 0 Å².